The highest BCUT2D eigenvalue weighted by Gasteiger charge is 2.25. The second kappa shape index (κ2) is 6.39. The summed E-state index contributed by atoms with van der Waals surface area (Å²) in [6.45, 7) is 3.10. The minimum Gasteiger partial charge on any atom is -0.486 e. The summed E-state index contributed by atoms with van der Waals surface area (Å²) in [6, 6.07) is 15.4. The van der Waals surface area contributed by atoms with Crippen LogP contribution in [0.2, 0.25) is 0 Å². The third kappa shape index (κ3) is 2.87. The summed E-state index contributed by atoms with van der Waals surface area (Å²) in [7, 11) is 0. The van der Waals surface area contributed by atoms with Crippen LogP contribution in [0.5, 0.6) is 5.75 Å². The van der Waals surface area contributed by atoms with Crippen LogP contribution in [0.25, 0.3) is 11.3 Å². The first kappa shape index (κ1) is 15.4. The van der Waals surface area contributed by atoms with Crippen molar-refractivity contribution >= 4 is 5.97 Å². The minimum absolute atomic E-state index is 0.338. The number of esters is 1. The second-order valence-electron chi connectivity index (χ2n) is 5.75. The van der Waals surface area contributed by atoms with Gasteiger partial charge in [0.25, 0.3) is 0 Å². The number of fused-ring (bicyclic) bond motifs is 3. The van der Waals surface area contributed by atoms with E-state index in [2.05, 4.69) is 10.3 Å². The largest absolute Gasteiger partial charge is 0.486 e. The Balaban J connectivity index is 1.75. The lowest BCUT2D eigenvalue weighted by atomic mass is 10.0. The molecule has 0 saturated carbocycles. The summed E-state index contributed by atoms with van der Waals surface area (Å²) in [4.78, 5) is 12.1. The van der Waals surface area contributed by atoms with Crippen molar-refractivity contribution in [2.45, 2.75) is 20.1 Å². The van der Waals surface area contributed by atoms with Gasteiger partial charge in [0.05, 0.1) is 24.4 Å². The molecule has 0 spiro atoms. The van der Waals surface area contributed by atoms with E-state index in [-0.39, 0.29) is 5.97 Å². The molecule has 0 aliphatic carbocycles. The normalized spacial score (nSPS) is 12.0. The molecule has 126 valence electrons. The molecule has 6 nitrogen and oxygen atoms in total. The van der Waals surface area contributed by atoms with Gasteiger partial charge in [-0.25, -0.2) is 9.48 Å². The average molecular weight is 335 g/mol. The van der Waals surface area contributed by atoms with Crippen molar-refractivity contribution < 1.29 is 14.3 Å². The molecule has 1 aliphatic rings. The molecule has 6 heteroatoms. The Kier molecular flexibility index (Phi) is 3.93. The molecule has 2 aromatic carbocycles. The van der Waals surface area contributed by atoms with Gasteiger partial charge in [0.1, 0.15) is 18.1 Å². The zero-order chi connectivity index (χ0) is 17.2. The molecule has 25 heavy (non-hydrogen) atoms. The third-order valence-corrected chi connectivity index (χ3v) is 4.09. The van der Waals surface area contributed by atoms with Crippen LogP contribution >= 0.6 is 0 Å². The van der Waals surface area contributed by atoms with E-state index in [9.17, 15) is 4.79 Å². The van der Waals surface area contributed by atoms with Crippen molar-refractivity contribution in [1.29, 1.82) is 0 Å². The van der Waals surface area contributed by atoms with E-state index in [4.69, 9.17) is 9.47 Å². The number of nitrogens with zero attached hydrogens (tertiary/aromatic N) is 3. The predicted molar refractivity (Wildman–Crippen MR) is 91.3 cm³/mol. The molecular formula is C19H17N3O3. The van der Waals surface area contributed by atoms with Crippen LogP contribution in [0, 0.1) is 0 Å². The molecule has 0 radical (unpaired) electrons. The maximum absolute atomic E-state index is 12.1. The molecular weight excluding hydrogens is 318 g/mol. The van der Waals surface area contributed by atoms with Gasteiger partial charge in [-0.3, -0.25) is 0 Å². The molecule has 0 atom stereocenters. The lowest BCUT2D eigenvalue weighted by molar-refractivity contribution is 0.0526. The Morgan fingerprint density at radius 2 is 2.08 bits per heavy atom. The maximum Gasteiger partial charge on any atom is 0.338 e. The van der Waals surface area contributed by atoms with Crippen molar-refractivity contribution in [2.24, 2.45) is 0 Å². The van der Waals surface area contributed by atoms with Gasteiger partial charge < -0.3 is 9.47 Å². The zero-order valence-electron chi connectivity index (χ0n) is 13.8. The molecule has 4 rings (SSSR count). The number of rotatable bonds is 4. The minimum atomic E-state index is -0.348. The topological polar surface area (TPSA) is 66.2 Å². The fraction of sp³-hybridized carbons (Fsp3) is 0.211. The van der Waals surface area contributed by atoms with Crippen LogP contribution in [0.15, 0.2) is 48.5 Å². The lowest BCUT2D eigenvalue weighted by Crippen LogP contribution is -2.11. The molecule has 3 aromatic rings. The van der Waals surface area contributed by atoms with Crippen LogP contribution in [0.4, 0.5) is 0 Å². The molecule has 2 heterocycles. The molecule has 1 aromatic heterocycles. The number of hydrogen-bond acceptors (Lipinski definition) is 5. The van der Waals surface area contributed by atoms with Gasteiger partial charge in [0, 0.05) is 5.56 Å². The summed E-state index contributed by atoms with van der Waals surface area (Å²) < 4.78 is 12.7. The third-order valence-electron chi connectivity index (χ3n) is 4.09. The molecule has 0 bridgehead atoms. The van der Waals surface area contributed by atoms with Crippen LogP contribution in [0.1, 0.15) is 28.5 Å². The average Bonchev–Trinajstić information content (AvgIpc) is 3.05. The van der Waals surface area contributed by atoms with Crippen molar-refractivity contribution in [2.75, 3.05) is 6.61 Å². The number of carbonyl (C=O) groups is 1. The van der Waals surface area contributed by atoms with Gasteiger partial charge in [-0.2, -0.15) is 0 Å². The number of aromatic nitrogens is 3. The van der Waals surface area contributed by atoms with Gasteiger partial charge in [-0.05, 0) is 30.7 Å². The van der Waals surface area contributed by atoms with E-state index in [1.54, 1.807) is 25.1 Å². The van der Waals surface area contributed by atoms with Crippen LogP contribution in [-0.4, -0.2) is 27.6 Å². The summed E-state index contributed by atoms with van der Waals surface area (Å²) in [5, 5.41) is 8.51. The monoisotopic (exact) mass is 335 g/mol. The van der Waals surface area contributed by atoms with Gasteiger partial charge in [0.2, 0.25) is 0 Å². The molecule has 0 N–H and O–H groups in total. The first-order chi connectivity index (χ1) is 12.3. The standard InChI is InChI=1S/C19H17N3O3/c1-2-24-19(23)14-8-9-17-15(10-14)18-16(12-25-17)20-21-22(18)11-13-6-4-3-5-7-13/h3-10H,2,11-12H2,1H3. The smallest absolute Gasteiger partial charge is 0.338 e. The van der Waals surface area contributed by atoms with Gasteiger partial charge >= 0.3 is 5.97 Å². The molecule has 1 aliphatic heterocycles. The SMILES string of the molecule is CCOC(=O)c1ccc2c(c1)-c1c(nnn1Cc1ccccc1)CO2. The number of hydrogen-bond donors (Lipinski definition) is 0. The lowest BCUT2D eigenvalue weighted by Gasteiger charge is -2.19. The Bertz CT molecular complexity index is 919. The number of ether oxygens (including phenoxy) is 2. The van der Waals surface area contributed by atoms with Crippen molar-refractivity contribution in [1.82, 2.24) is 15.0 Å². The van der Waals surface area contributed by atoms with Crippen LogP contribution in [0.3, 0.4) is 0 Å². The molecule has 0 amide bonds. The second-order valence-corrected chi connectivity index (χ2v) is 5.75. The fourth-order valence-corrected chi connectivity index (χ4v) is 2.94. The highest BCUT2D eigenvalue weighted by atomic mass is 16.5. The van der Waals surface area contributed by atoms with Crippen molar-refractivity contribution in [3.63, 3.8) is 0 Å². The first-order valence-corrected chi connectivity index (χ1v) is 8.17. The Morgan fingerprint density at radius 3 is 2.88 bits per heavy atom. The highest BCUT2D eigenvalue weighted by Crippen LogP contribution is 2.37. The van der Waals surface area contributed by atoms with Crippen LogP contribution < -0.4 is 4.74 Å². The first-order valence-electron chi connectivity index (χ1n) is 8.17. The van der Waals surface area contributed by atoms with Gasteiger partial charge in [0.15, 0.2) is 0 Å². The molecule has 0 unspecified atom stereocenters. The van der Waals surface area contributed by atoms with Gasteiger partial charge in [-0.15, -0.1) is 5.10 Å². The summed E-state index contributed by atoms with van der Waals surface area (Å²) >= 11 is 0. The highest BCUT2D eigenvalue weighted by molar-refractivity contribution is 5.92. The van der Waals surface area contributed by atoms with E-state index < -0.39 is 0 Å². The van der Waals surface area contributed by atoms with E-state index in [0.717, 1.165) is 28.3 Å². The predicted octanol–water partition coefficient (Wildman–Crippen LogP) is 3.06. The summed E-state index contributed by atoms with van der Waals surface area (Å²) in [5.74, 6) is 0.372. The molecule has 0 saturated heterocycles. The summed E-state index contributed by atoms with van der Waals surface area (Å²) in [6.07, 6.45) is 0. The fourth-order valence-electron chi connectivity index (χ4n) is 2.94. The van der Waals surface area contributed by atoms with E-state index in [1.165, 1.54) is 0 Å². The van der Waals surface area contributed by atoms with E-state index >= 15 is 0 Å². The van der Waals surface area contributed by atoms with E-state index in [1.807, 2.05) is 35.0 Å². The quantitative estimate of drug-likeness (QED) is 0.686. The summed E-state index contributed by atoms with van der Waals surface area (Å²) in [5.41, 5.74) is 4.09. The Hall–Kier alpha value is -3.15. The Labute approximate surface area is 145 Å². The van der Waals surface area contributed by atoms with Crippen LogP contribution in [-0.2, 0) is 17.9 Å². The van der Waals surface area contributed by atoms with Crippen molar-refractivity contribution in [3.8, 4) is 17.0 Å². The Morgan fingerprint density at radius 1 is 1.24 bits per heavy atom. The number of benzene rings is 2. The van der Waals surface area contributed by atoms with Gasteiger partial charge in [-0.1, -0.05) is 35.5 Å². The van der Waals surface area contributed by atoms with Crippen molar-refractivity contribution in [3.05, 3.63) is 65.4 Å². The van der Waals surface area contributed by atoms with E-state index in [0.29, 0.717) is 25.3 Å². The molecule has 0 fully saturated rings. The zero-order valence-corrected chi connectivity index (χ0v) is 13.8. The number of carbonyl (C=O) groups excluding carboxylic acids is 1. The maximum atomic E-state index is 12.1.